The smallest absolute Gasteiger partial charge is 0.312 e. The summed E-state index contributed by atoms with van der Waals surface area (Å²) in [5.74, 6) is -1.32. The van der Waals surface area contributed by atoms with E-state index in [-0.39, 0.29) is 6.61 Å². The number of rotatable bonds is 2. The van der Waals surface area contributed by atoms with Crippen LogP contribution in [-0.2, 0) is 28.6 Å². The van der Waals surface area contributed by atoms with Crippen molar-refractivity contribution in [3.05, 3.63) is 0 Å². The average Bonchev–Trinajstić information content (AvgIpc) is 2.76. The summed E-state index contributed by atoms with van der Waals surface area (Å²) in [6.45, 7) is 1.84. The number of hydrogen-bond acceptors (Lipinski definition) is 6. The van der Waals surface area contributed by atoms with Crippen LogP contribution in [0.3, 0.4) is 0 Å². The highest BCUT2D eigenvalue weighted by atomic mass is 32.2. The van der Waals surface area contributed by atoms with Gasteiger partial charge in [0, 0.05) is 0 Å². The molecule has 2 rings (SSSR count). The lowest BCUT2D eigenvalue weighted by Gasteiger charge is -2.17. The molecule has 16 heavy (non-hydrogen) atoms. The second-order valence-electron chi connectivity index (χ2n) is 3.91. The summed E-state index contributed by atoms with van der Waals surface area (Å²) in [5, 5.41) is -0.912. The molecule has 2 aliphatic heterocycles. The monoisotopic (exact) mass is 250 g/mol. The lowest BCUT2D eigenvalue weighted by atomic mass is 9.97. The lowest BCUT2D eigenvalue weighted by Crippen LogP contribution is -2.37. The van der Waals surface area contributed by atoms with Gasteiger partial charge >= 0.3 is 5.97 Å². The lowest BCUT2D eigenvalue weighted by molar-refractivity contribution is -0.147. The molecule has 0 aromatic carbocycles. The predicted octanol–water partition coefficient (Wildman–Crippen LogP) is -0.318. The van der Waals surface area contributed by atoms with E-state index < -0.39 is 39.5 Å². The summed E-state index contributed by atoms with van der Waals surface area (Å²) in [6, 6.07) is 0. The van der Waals surface area contributed by atoms with Gasteiger partial charge in [0.25, 0.3) is 10.1 Å². The molecule has 92 valence electrons. The predicted molar refractivity (Wildman–Crippen MR) is 53.1 cm³/mol. The minimum atomic E-state index is -3.70. The largest absolute Gasteiger partial charge is 0.469 e. The van der Waals surface area contributed by atoms with Crippen LogP contribution < -0.4 is 0 Å². The first-order valence-corrected chi connectivity index (χ1v) is 6.60. The van der Waals surface area contributed by atoms with Crippen molar-refractivity contribution in [2.75, 3.05) is 13.7 Å². The zero-order valence-electron chi connectivity index (χ0n) is 9.08. The SMILES string of the molecule is CCC1OC2COS(=O)(=O)C2C1C(=O)OC. The van der Waals surface area contributed by atoms with Crippen molar-refractivity contribution < 1.29 is 26.9 Å². The maximum Gasteiger partial charge on any atom is 0.312 e. The van der Waals surface area contributed by atoms with Gasteiger partial charge in [-0.15, -0.1) is 0 Å². The van der Waals surface area contributed by atoms with E-state index in [9.17, 15) is 13.2 Å². The van der Waals surface area contributed by atoms with E-state index in [2.05, 4.69) is 8.92 Å². The normalized spacial score (nSPS) is 40.6. The van der Waals surface area contributed by atoms with Crippen LogP contribution in [0.5, 0.6) is 0 Å². The molecular formula is C9H14O6S. The summed E-state index contributed by atoms with van der Waals surface area (Å²) < 4.78 is 38.0. The maximum absolute atomic E-state index is 11.6. The summed E-state index contributed by atoms with van der Waals surface area (Å²) >= 11 is 0. The van der Waals surface area contributed by atoms with Crippen molar-refractivity contribution in [3.8, 4) is 0 Å². The van der Waals surface area contributed by atoms with Gasteiger partial charge in [-0.3, -0.25) is 8.98 Å². The first-order chi connectivity index (χ1) is 7.51. The van der Waals surface area contributed by atoms with Crippen molar-refractivity contribution in [3.63, 3.8) is 0 Å². The van der Waals surface area contributed by atoms with Gasteiger partial charge in [0.15, 0.2) is 0 Å². The molecule has 2 fully saturated rings. The molecule has 0 aliphatic carbocycles. The fourth-order valence-electron chi connectivity index (χ4n) is 2.34. The Morgan fingerprint density at radius 3 is 2.75 bits per heavy atom. The van der Waals surface area contributed by atoms with Crippen molar-refractivity contribution in [2.45, 2.75) is 30.8 Å². The Morgan fingerprint density at radius 1 is 1.50 bits per heavy atom. The zero-order chi connectivity index (χ0) is 11.9. The number of hydrogen-bond donors (Lipinski definition) is 0. The van der Waals surface area contributed by atoms with Gasteiger partial charge < -0.3 is 9.47 Å². The molecule has 2 aliphatic rings. The van der Waals surface area contributed by atoms with Crippen LogP contribution in [0.2, 0.25) is 0 Å². The standard InChI is InChI=1S/C9H14O6S/c1-3-5-7(9(10)13-2)8-6(15-5)4-14-16(8,11)12/h5-8H,3-4H2,1-2H3. The summed E-state index contributed by atoms with van der Waals surface area (Å²) in [6.07, 6.45) is -0.373. The molecular weight excluding hydrogens is 236 g/mol. The number of esters is 1. The third-order valence-corrected chi connectivity index (χ3v) is 4.80. The van der Waals surface area contributed by atoms with Crippen molar-refractivity contribution >= 4 is 16.1 Å². The number of fused-ring (bicyclic) bond motifs is 1. The second kappa shape index (κ2) is 3.97. The average molecular weight is 250 g/mol. The topological polar surface area (TPSA) is 78.9 Å². The Kier molecular flexibility index (Phi) is 2.93. The van der Waals surface area contributed by atoms with Crippen molar-refractivity contribution in [1.29, 1.82) is 0 Å². The van der Waals surface area contributed by atoms with Gasteiger partial charge in [-0.05, 0) is 6.42 Å². The van der Waals surface area contributed by atoms with E-state index in [1.807, 2.05) is 6.92 Å². The number of carbonyl (C=O) groups is 1. The first-order valence-electron chi connectivity index (χ1n) is 5.12. The van der Waals surface area contributed by atoms with Gasteiger partial charge in [-0.2, -0.15) is 8.42 Å². The molecule has 4 unspecified atom stereocenters. The Morgan fingerprint density at radius 2 is 2.19 bits per heavy atom. The Labute approximate surface area is 94.0 Å². The van der Waals surface area contributed by atoms with Crippen LogP contribution in [-0.4, -0.2) is 45.6 Å². The molecule has 0 amide bonds. The van der Waals surface area contributed by atoms with Crippen LogP contribution >= 0.6 is 0 Å². The highest BCUT2D eigenvalue weighted by molar-refractivity contribution is 7.87. The van der Waals surface area contributed by atoms with Crippen LogP contribution in [0.4, 0.5) is 0 Å². The van der Waals surface area contributed by atoms with Crippen molar-refractivity contribution in [1.82, 2.24) is 0 Å². The summed E-state index contributed by atoms with van der Waals surface area (Å²) in [5.41, 5.74) is 0. The molecule has 0 radical (unpaired) electrons. The molecule has 0 bridgehead atoms. The van der Waals surface area contributed by atoms with E-state index in [1.54, 1.807) is 0 Å². The molecule has 0 spiro atoms. The molecule has 0 saturated carbocycles. The van der Waals surface area contributed by atoms with E-state index in [4.69, 9.17) is 4.74 Å². The maximum atomic E-state index is 11.6. The number of ether oxygens (including phenoxy) is 2. The van der Waals surface area contributed by atoms with E-state index in [1.165, 1.54) is 7.11 Å². The molecule has 2 heterocycles. The van der Waals surface area contributed by atoms with Crippen LogP contribution in [0.1, 0.15) is 13.3 Å². The van der Waals surface area contributed by atoms with E-state index in [0.29, 0.717) is 6.42 Å². The molecule has 2 saturated heterocycles. The minimum absolute atomic E-state index is 0.00298. The zero-order valence-corrected chi connectivity index (χ0v) is 9.90. The highest BCUT2D eigenvalue weighted by Crippen LogP contribution is 2.39. The molecule has 7 heteroatoms. The molecule has 0 aromatic rings. The van der Waals surface area contributed by atoms with Crippen LogP contribution in [0, 0.1) is 5.92 Å². The van der Waals surface area contributed by atoms with E-state index in [0.717, 1.165) is 0 Å². The Balaban J connectivity index is 2.34. The molecule has 0 N–H and O–H groups in total. The fourth-order valence-corrected chi connectivity index (χ4v) is 3.98. The molecule has 4 atom stereocenters. The summed E-state index contributed by atoms with van der Waals surface area (Å²) in [7, 11) is -2.46. The Bertz CT molecular complexity index is 389. The van der Waals surface area contributed by atoms with Crippen LogP contribution in [0.15, 0.2) is 0 Å². The summed E-state index contributed by atoms with van der Waals surface area (Å²) in [4.78, 5) is 11.6. The highest BCUT2D eigenvalue weighted by Gasteiger charge is 2.58. The number of carbonyl (C=O) groups excluding carboxylic acids is 1. The van der Waals surface area contributed by atoms with Gasteiger partial charge in [0.2, 0.25) is 0 Å². The molecule has 6 nitrogen and oxygen atoms in total. The van der Waals surface area contributed by atoms with Crippen molar-refractivity contribution in [2.24, 2.45) is 5.92 Å². The third-order valence-electron chi connectivity index (χ3n) is 3.08. The Hall–Kier alpha value is -0.660. The fraction of sp³-hybridized carbons (Fsp3) is 0.889. The van der Waals surface area contributed by atoms with Gasteiger partial charge in [-0.1, -0.05) is 6.92 Å². The quantitative estimate of drug-likeness (QED) is 0.494. The van der Waals surface area contributed by atoms with Crippen LogP contribution in [0.25, 0.3) is 0 Å². The third kappa shape index (κ3) is 1.63. The van der Waals surface area contributed by atoms with Gasteiger partial charge in [0.05, 0.1) is 19.8 Å². The van der Waals surface area contributed by atoms with Gasteiger partial charge in [-0.25, -0.2) is 0 Å². The molecule has 0 aromatic heterocycles. The van der Waals surface area contributed by atoms with E-state index >= 15 is 0 Å². The van der Waals surface area contributed by atoms with Gasteiger partial charge in [0.1, 0.15) is 17.3 Å². The number of methoxy groups -OCH3 is 1. The second-order valence-corrected chi connectivity index (χ2v) is 5.68. The minimum Gasteiger partial charge on any atom is -0.469 e. The first kappa shape index (κ1) is 11.8.